The van der Waals surface area contributed by atoms with E-state index in [0.717, 1.165) is 51.1 Å². The van der Waals surface area contributed by atoms with Crippen molar-refractivity contribution in [3.8, 4) is 0 Å². The van der Waals surface area contributed by atoms with E-state index in [1.54, 1.807) is 7.11 Å². The molecule has 0 bridgehead atoms. The first-order chi connectivity index (χ1) is 9.79. The fraction of sp³-hybridized carbons (Fsp3) is 0.625. The summed E-state index contributed by atoms with van der Waals surface area (Å²) >= 11 is 0. The van der Waals surface area contributed by atoms with Gasteiger partial charge in [-0.15, -0.1) is 0 Å². The second kappa shape index (κ2) is 8.25. The van der Waals surface area contributed by atoms with Gasteiger partial charge in [0.25, 0.3) is 0 Å². The van der Waals surface area contributed by atoms with Crippen molar-refractivity contribution in [2.24, 2.45) is 0 Å². The van der Waals surface area contributed by atoms with Gasteiger partial charge in [-0.2, -0.15) is 0 Å². The first-order valence-corrected chi connectivity index (χ1v) is 7.45. The van der Waals surface area contributed by atoms with Crippen molar-refractivity contribution >= 4 is 5.69 Å². The number of nitrogens with two attached hydrogens (primary N) is 1. The molecule has 0 atom stereocenters. The number of ether oxygens (including phenoxy) is 2. The molecule has 2 N–H and O–H groups in total. The summed E-state index contributed by atoms with van der Waals surface area (Å²) in [6.45, 7) is 4.31. The van der Waals surface area contributed by atoms with Crippen molar-refractivity contribution in [2.45, 2.75) is 31.8 Å². The highest BCUT2D eigenvalue weighted by molar-refractivity contribution is 5.40. The van der Waals surface area contributed by atoms with Gasteiger partial charge in [0, 0.05) is 45.1 Å². The van der Waals surface area contributed by atoms with E-state index in [4.69, 9.17) is 15.2 Å². The molecular weight excluding hydrogens is 252 g/mol. The molecule has 1 saturated carbocycles. The average molecular weight is 278 g/mol. The molecule has 20 heavy (non-hydrogen) atoms. The lowest BCUT2D eigenvalue weighted by Gasteiger charge is -2.22. The maximum absolute atomic E-state index is 5.84. The van der Waals surface area contributed by atoms with Crippen LogP contribution in [0.1, 0.15) is 24.8 Å². The summed E-state index contributed by atoms with van der Waals surface area (Å²) in [6, 6.07) is 8.90. The number of nitrogens with zero attached hydrogens (tertiary/aromatic N) is 1. The molecule has 0 saturated heterocycles. The van der Waals surface area contributed by atoms with Crippen LogP contribution in [0.4, 0.5) is 5.69 Å². The summed E-state index contributed by atoms with van der Waals surface area (Å²) in [5.41, 5.74) is 7.97. The van der Waals surface area contributed by atoms with Crippen LogP contribution in [0.2, 0.25) is 0 Å². The zero-order valence-electron chi connectivity index (χ0n) is 12.4. The summed E-state index contributed by atoms with van der Waals surface area (Å²) in [6.07, 6.45) is 3.59. The van der Waals surface area contributed by atoms with Crippen molar-refractivity contribution in [2.75, 3.05) is 39.2 Å². The van der Waals surface area contributed by atoms with E-state index < -0.39 is 0 Å². The first-order valence-electron chi connectivity index (χ1n) is 7.45. The molecule has 1 fully saturated rings. The van der Waals surface area contributed by atoms with Crippen molar-refractivity contribution in [1.29, 1.82) is 0 Å². The number of hydrogen-bond donors (Lipinski definition) is 1. The number of rotatable bonds is 10. The van der Waals surface area contributed by atoms with Crippen LogP contribution in [0.3, 0.4) is 0 Å². The fourth-order valence-corrected chi connectivity index (χ4v) is 2.35. The second-order valence-electron chi connectivity index (χ2n) is 5.41. The molecular formula is C16H26N2O2. The summed E-state index contributed by atoms with van der Waals surface area (Å²) in [5, 5.41) is 0. The summed E-state index contributed by atoms with van der Waals surface area (Å²) in [4.78, 5) is 2.51. The van der Waals surface area contributed by atoms with E-state index >= 15 is 0 Å². The highest BCUT2D eigenvalue weighted by Gasteiger charge is 2.28. The third-order valence-corrected chi connectivity index (χ3v) is 3.56. The molecule has 1 aliphatic carbocycles. The first kappa shape index (κ1) is 15.3. The monoisotopic (exact) mass is 278 g/mol. The summed E-state index contributed by atoms with van der Waals surface area (Å²) in [5.74, 6) is 0. The van der Waals surface area contributed by atoms with Gasteiger partial charge >= 0.3 is 0 Å². The molecule has 4 heteroatoms. The third kappa shape index (κ3) is 5.49. The van der Waals surface area contributed by atoms with Crippen LogP contribution in [0.25, 0.3) is 0 Å². The Morgan fingerprint density at radius 3 is 2.80 bits per heavy atom. The van der Waals surface area contributed by atoms with Gasteiger partial charge in [0.15, 0.2) is 0 Å². The molecule has 1 aromatic rings. The van der Waals surface area contributed by atoms with Gasteiger partial charge in [-0.05, 0) is 37.0 Å². The molecule has 2 rings (SSSR count). The number of methoxy groups -OCH3 is 1. The maximum atomic E-state index is 5.84. The topological polar surface area (TPSA) is 47.7 Å². The Hall–Kier alpha value is -1.10. The van der Waals surface area contributed by atoms with Gasteiger partial charge in [-0.3, -0.25) is 4.90 Å². The molecule has 0 amide bonds. The molecule has 112 valence electrons. The molecule has 4 nitrogen and oxygen atoms in total. The standard InChI is InChI=1S/C16H26N2O2/c1-19-9-3-10-20-11-8-18(16-6-7-16)13-14-4-2-5-15(17)12-14/h2,4-5,12,16H,3,6-11,13,17H2,1H3. The summed E-state index contributed by atoms with van der Waals surface area (Å²) in [7, 11) is 1.72. The third-order valence-electron chi connectivity index (χ3n) is 3.56. The SMILES string of the molecule is COCCCOCCN(Cc1cccc(N)c1)C1CC1. The zero-order valence-corrected chi connectivity index (χ0v) is 12.4. The van der Waals surface area contributed by atoms with Crippen molar-refractivity contribution in [3.05, 3.63) is 29.8 Å². The summed E-state index contributed by atoms with van der Waals surface area (Å²) < 4.78 is 10.7. The average Bonchev–Trinajstić information content (AvgIpc) is 3.26. The van der Waals surface area contributed by atoms with Gasteiger partial charge in [0.1, 0.15) is 0 Å². The molecule has 0 aromatic heterocycles. The Labute approximate surface area is 121 Å². The van der Waals surface area contributed by atoms with E-state index in [1.807, 2.05) is 12.1 Å². The minimum Gasteiger partial charge on any atom is -0.399 e. The number of nitrogen functional groups attached to an aromatic ring is 1. The van der Waals surface area contributed by atoms with Gasteiger partial charge in [0.2, 0.25) is 0 Å². The van der Waals surface area contributed by atoms with Crippen LogP contribution in [-0.2, 0) is 16.0 Å². The molecule has 0 radical (unpaired) electrons. The number of benzene rings is 1. The van der Waals surface area contributed by atoms with Crippen molar-refractivity contribution < 1.29 is 9.47 Å². The van der Waals surface area contributed by atoms with Gasteiger partial charge in [-0.25, -0.2) is 0 Å². The molecule has 0 heterocycles. The Kier molecular flexibility index (Phi) is 6.30. The number of anilines is 1. The van der Waals surface area contributed by atoms with E-state index in [9.17, 15) is 0 Å². The Morgan fingerprint density at radius 1 is 1.25 bits per heavy atom. The van der Waals surface area contributed by atoms with Crippen LogP contribution in [0.15, 0.2) is 24.3 Å². The minimum absolute atomic E-state index is 0.735. The van der Waals surface area contributed by atoms with E-state index in [-0.39, 0.29) is 0 Å². The van der Waals surface area contributed by atoms with Gasteiger partial charge in [-0.1, -0.05) is 12.1 Å². The van der Waals surface area contributed by atoms with Crippen molar-refractivity contribution in [1.82, 2.24) is 4.90 Å². The van der Waals surface area contributed by atoms with Crippen LogP contribution >= 0.6 is 0 Å². The lowest BCUT2D eigenvalue weighted by Crippen LogP contribution is -2.29. The molecule has 1 aromatic carbocycles. The van der Waals surface area contributed by atoms with E-state index in [2.05, 4.69) is 17.0 Å². The Balaban J connectivity index is 1.71. The molecule has 0 unspecified atom stereocenters. The Morgan fingerprint density at radius 2 is 2.10 bits per heavy atom. The highest BCUT2D eigenvalue weighted by Crippen LogP contribution is 2.28. The Bertz CT molecular complexity index is 394. The largest absolute Gasteiger partial charge is 0.399 e. The van der Waals surface area contributed by atoms with Crippen LogP contribution < -0.4 is 5.73 Å². The molecule has 0 spiro atoms. The zero-order chi connectivity index (χ0) is 14.2. The predicted molar refractivity (Wildman–Crippen MR) is 81.6 cm³/mol. The predicted octanol–water partition coefficient (Wildman–Crippen LogP) is 2.29. The lowest BCUT2D eigenvalue weighted by atomic mass is 10.2. The van der Waals surface area contributed by atoms with Crippen LogP contribution in [0, 0.1) is 0 Å². The quantitative estimate of drug-likeness (QED) is 0.527. The maximum Gasteiger partial charge on any atom is 0.0593 e. The highest BCUT2D eigenvalue weighted by atomic mass is 16.5. The number of hydrogen-bond acceptors (Lipinski definition) is 4. The van der Waals surface area contributed by atoms with Crippen molar-refractivity contribution in [3.63, 3.8) is 0 Å². The van der Waals surface area contributed by atoms with Crippen LogP contribution in [0.5, 0.6) is 0 Å². The van der Waals surface area contributed by atoms with Gasteiger partial charge in [0.05, 0.1) is 6.61 Å². The molecule has 0 aliphatic heterocycles. The molecule has 1 aliphatic rings. The van der Waals surface area contributed by atoms with Gasteiger partial charge < -0.3 is 15.2 Å². The minimum atomic E-state index is 0.735. The van der Waals surface area contributed by atoms with E-state index in [1.165, 1.54) is 18.4 Å². The fourth-order valence-electron chi connectivity index (χ4n) is 2.35. The smallest absolute Gasteiger partial charge is 0.0593 e. The lowest BCUT2D eigenvalue weighted by molar-refractivity contribution is 0.0800. The second-order valence-corrected chi connectivity index (χ2v) is 5.41. The normalized spacial score (nSPS) is 14.9. The van der Waals surface area contributed by atoms with E-state index in [0.29, 0.717) is 0 Å². The van der Waals surface area contributed by atoms with Crippen LogP contribution in [-0.4, -0.2) is 44.4 Å².